The van der Waals surface area contributed by atoms with Crippen LogP contribution in [0.5, 0.6) is 0 Å². The molecule has 128 valence electrons. The van der Waals surface area contributed by atoms with E-state index in [0.717, 1.165) is 31.8 Å². The number of benzene rings is 2. The van der Waals surface area contributed by atoms with Gasteiger partial charge in [0.05, 0.1) is 12.7 Å². The maximum atomic E-state index is 13.1. The Morgan fingerprint density at radius 2 is 1.75 bits per heavy atom. The lowest BCUT2D eigenvalue weighted by molar-refractivity contribution is -0.0329. The Labute approximate surface area is 144 Å². The summed E-state index contributed by atoms with van der Waals surface area (Å²) in [6.07, 6.45) is 3.69. The van der Waals surface area contributed by atoms with Crippen molar-refractivity contribution in [3.63, 3.8) is 0 Å². The van der Waals surface area contributed by atoms with Crippen molar-refractivity contribution < 1.29 is 9.13 Å². The number of unbranched alkanes of at least 4 members (excludes halogenated alkanes) is 1. The summed E-state index contributed by atoms with van der Waals surface area (Å²) in [7, 11) is 0. The van der Waals surface area contributed by atoms with Crippen molar-refractivity contribution in [3.05, 3.63) is 71.0 Å². The van der Waals surface area contributed by atoms with Gasteiger partial charge >= 0.3 is 0 Å². The van der Waals surface area contributed by atoms with Gasteiger partial charge in [-0.05, 0) is 41.7 Å². The van der Waals surface area contributed by atoms with Crippen LogP contribution in [0.1, 0.15) is 42.6 Å². The molecule has 0 bridgehead atoms. The van der Waals surface area contributed by atoms with E-state index < -0.39 is 0 Å². The van der Waals surface area contributed by atoms with Gasteiger partial charge in [0, 0.05) is 19.6 Å². The topological polar surface area (TPSA) is 12.5 Å². The zero-order valence-electron chi connectivity index (χ0n) is 14.4. The van der Waals surface area contributed by atoms with Gasteiger partial charge in [-0.1, -0.05) is 49.7 Å². The van der Waals surface area contributed by atoms with E-state index in [-0.39, 0.29) is 11.9 Å². The molecule has 0 N–H and O–H groups in total. The normalized spacial score (nSPS) is 18.7. The molecule has 3 heteroatoms. The van der Waals surface area contributed by atoms with Crippen molar-refractivity contribution >= 4 is 0 Å². The largest absolute Gasteiger partial charge is 0.371 e. The Morgan fingerprint density at radius 3 is 2.46 bits per heavy atom. The molecule has 1 unspecified atom stereocenters. The summed E-state index contributed by atoms with van der Waals surface area (Å²) in [6.45, 7) is 5.68. The predicted molar refractivity (Wildman–Crippen MR) is 95.4 cm³/mol. The Bertz CT molecular complexity index is 623. The average molecular weight is 327 g/mol. The molecule has 1 heterocycles. The van der Waals surface area contributed by atoms with Crippen LogP contribution in [0.15, 0.2) is 48.5 Å². The van der Waals surface area contributed by atoms with Gasteiger partial charge in [0.1, 0.15) is 5.82 Å². The molecule has 0 amide bonds. The summed E-state index contributed by atoms with van der Waals surface area (Å²) in [6, 6.07) is 15.7. The smallest absolute Gasteiger partial charge is 0.123 e. The molecule has 1 aliphatic rings. The molecule has 1 fully saturated rings. The minimum atomic E-state index is -0.199. The highest BCUT2D eigenvalue weighted by Crippen LogP contribution is 2.23. The molecular weight excluding hydrogens is 301 g/mol. The second-order valence-electron chi connectivity index (χ2n) is 6.57. The van der Waals surface area contributed by atoms with Crippen molar-refractivity contribution in [3.8, 4) is 0 Å². The summed E-state index contributed by atoms with van der Waals surface area (Å²) in [5.41, 5.74) is 3.82. The van der Waals surface area contributed by atoms with E-state index in [0.29, 0.717) is 0 Å². The number of ether oxygens (including phenoxy) is 1. The number of hydrogen-bond donors (Lipinski definition) is 0. The zero-order chi connectivity index (χ0) is 16.8. The Kier molecular flexibility index (Phi) is 6.00. The number of morpholine rings is 1. The highest BCUT2D eigenvalue weighted by Gasteiger charge is 2.22. The predicted octanol–water partition coefficient (Wildman–Crippen LogP) is 4.74. The number of hydrogen-bond acceptors (Lipinski definition) is 2. The number of aryl methyl sites for hydroxylation is 1. The van der Waals surface area contributed by atoms with Crippen molar-refractivity contribution in [2.45, 2.75) is 38.8 Å². The Balaban J connectivity index is 1.57. The van der Waals surface area contributed by atoms with E-state index in [1.807, 2.05) is 12.1 Å². The first-order chi connectivity index (χ1) is 11.7. The summed E-state index contributed by atoms with van der Waals surface area (Å²) < 4.78 is 18.9. The Morgan fingerprint density at radius 1 is 1.04 bits per heavy atom. The summed E-state index contributed by atoms with van der Waals surface area (Å²) >= 11 is 0. The summed E-state index contributed by atoms with van der Waals surface area (Å²) in [4.78, 5) is 2.42. The first kappa shape index (κ1) is 17.1. The second-order valence-corrected chi connectivity index (χ2v) is 6.57. The molecule has 1 saturated heterocycles. The van der Waals surface area contributed by atoms with Crippen LogP contribution in [0, 0.1) is 5.82 Å². The van der Waals surface area contributed by atoms with Gasteiger partial charge < -0.3 is 4.74 Å². The third kappa shape index (κ3) is 4.65. The number of halogens is 1. The SMILES string of the molecule is CCCCc1ccc(CN2CCOC(c3ccc(F)cc3)C2)cc1. The van der Waals surface area contributed by atoms with Gasteiger partial charge in [0.15, 0.2) is 0 Å². The molecule has 0 aliphatic carbocycles. The van der Waals surface area contributed by atoms with Crippen LogP contribution in [0.2, 0.25) is 0 Å². The second kappa shape index (κ2) is 8.41. The van der Waals surface area contributed by atoms with Crippen molar-refractivity contribution in [2.24, 2.45) is 0 Å². The van der Waals surface area contributed by atoms with Crippen molar-refractivity contribution in [2.75, 3.05) is 19.7 Å². The van der Waals surface area contributed by atoms with E-state index in [1.54, 1.807) is 0 Å². The molecule has 1 atom stereocenters. The van der Waals surface area contributed by atoms with Crippen molar-refractivity contribution in [1.82, 2.24) is 4.90 Å². The van der Waals surface area contributed by atoms with Crippen LogP contribution in [0.25, 0.3) is 0 Å². The van der Waals surface area contributed by atoms with E-state index in [1.165, 1.54) is 42.5 Å². The van der Waals surface area contributed by atoms with Crippen LogP contribution >= 0.6 is 0 Å². The van der Waals surface area contributed by atoms with Gasteiger partial charge in [0.25, 0.3) is 0 Å². The van der Waals surface area contributed by atoms with Gasteiger partial charge in [-0.2, -0.15) is 0 Å². The fourth-order valence-corrected chi connectivity index (χ4v) is 3.18. The van der Waals surface area contributed by atoms with Crippen molar-refractivity contribution in [1.29, 1.82) is 0 Å². The fraction of sp³-hybridized carbons (Fsp3) is 0.429. The van der Waals surface area contributed by atoms with Crippen LogP contribution in [0.3, 0.4) is 0 Å². The fourth-order valence-electron chi connectivity index (χ4n) is 3.18. The highest BCUT2D eigenvalue weighted by atomic mass is 19.1. The third-order valence-electron chi connectivity index (χ3n) is 4.64. The monoisotopic (exact) mass is 327 g/mol. The van der Waals surface area contributed by atoms with Gasteiger partial charge in [-0.3, -0.25) is 4.90 Å². The van der Waals surface area contributed by atoms with Crippen LogP contribution in [0.4, 0.5) is 4.39 Å². The minimum absolute atomic E-state index is 0.0307. The molecular formula is C21H26FNO. The first-order valence-corrected chi connectivity index (χ1v) is 8.92. The lowest BCUT2D eigenvalue weighted by atomic mass is 10.0. The lowest BCUT2D eigenvalue weighted by Gasteiger charge is -2.33. The van der Waals surface area contributed by atoms with Gasteiger partial charge in [-0.15, -0.1) is 0 Å². The molecule has 1 aliphatic heterocycles. The standard InChI is InChI=1S/C21H26FNO/c1-2-3-4-17-5-7-18(8-6-17)15-23-13-14-24-21(16-23)19-9-11-20(22)12-10-19/h5-12,21H,2-4,13-16H2,1H3. The maximum absolute atomic E-state index is 13.1. The molecule has 24 heavy (non-hydrogen) atoms. The van der Waals surface area contributed by atoms with Gasteiger partial charge in [-0.25, -0.2) is 4.39 Å². The molecule has 0 saturated carbocycles. The molecule has 2 aromatic carbocycles. The average Bonchev–Trinajstić information content (AvgIpc) is 2.62. The van der Waals surface area contributed by atoms with E-state index in [4.69, 9.17) is 4.74 Å². The van der Waals surface area contributed by atoms with E-state index >= 15 is 0 Å². The number of rotatable bonds is 6. The van der Waals surface area contributed by atoms with E-state index in [9.17, 15) is 4.39 Å². The quantitative estimate of drug-likeness (QED) is 0.760. The molecule has 0 spiro atoms. The number of nitrogens with zero attached hydrogens (tertiary/aromatic N) is 1. The third-order valence-corrected chi connectivity index (χ3v) is 4.64. The molecule has 2 nitrogen and oxygen atoms in total. The Hall–Kier alpha value is -1.71. The van der Waals surface area contributed by atoms with Crippen LogP contribution in [-0.2, 0) is 17.7 Å². The minimum Gasteiger partial charge on any atom is -0.371 e. The molecule has 0 aromatic heterocycles. The molecule has 2 aromatic rings. The van der Waals surface area contributed by atoms with E-state index in [2.05, 4.69) is 36.1 Å². The zero-order valence-corrected chi connectivity index (χ0v) is 14.4. The van der Waals surface area contributed by atoms with Crippen LogP contribution < -0.4 is 0 Å². The molecule has 3 rings (SSSR count). The first-order valence-electron chi connectivity index (χ1n) is 8.92. The molecule has 0 radical (unpaired) electrons. The summed E-state index contributed by atoms with van der Waals surface area (Å²) in [5.74, 6) is -0.199. The highest BCUT2D eigenvalue weighted by molar-refractivity contribution is 5.23. The van der Waals surface area contributed by atoms with Crippen LogP contribution in [-0.4, -0.2) is 24.6 Å². The maximum Gasteiger partial charge on any atom is 0.123 e. The van der Waals surface area contributed by atoms with Gasteiger partial charge in [0.2, 0.25) is 0 Å². The lowest BCUT2D eigenvalue weighted by Crippen LogP contribution is -2.37. The summed E-state index contributed by atoms with van der Waals surface area (Å²) in [5, 5.41) is 0.